The molecule has 1 aliphatic rings. The molecule has 1 fully saturated rings. The number of rotatable bonds is 9. The molecule has 0 aliphatic carbocycles. The van der Waals surface area contributed by atoms with E-state index in [0.29, 0.717) is 48.5 Å². The number of hydrogen-bond donors (Lipinski definition) is 2. The molecule has 5 aromatic rings. The number of nitrogens with one attached hydrogen (secondary N) is 1. The smallest absolute Gasteiger partial charge is 0.281 e. The Balaban J connectivity index is 0.00000221. The summed E-state index contributed by atoms with van der Waals surface area (Å²) in [6.07, 6.45) is 4.26. The molecule has 12 heteroatoms. The third-order valence-electron chi connectivity index (χ3n) is 8.12. The fourth-order valence-corrected chi connectivity index (χ4v) is 5.94. The number of likely N-dealkylation sites (tertiary alicyclic amines) is 1. The Kier molecular flexibility index (Phi) is 10.9. The molecule has 9 nitrogen and oxygen atoms in total. The molecule has 1 saturated heterocycles. The van der Waals surface area contributed by atoms with Crippen molar-refractivity contribution in [2.75, 3.05) is 19.6 Å². The number of hydrogen-bond acceptors (Lipinski definition) is 7. The maximum absolute atomic E-state index is 13.5. The lowest BCUT2D eigenvalue weighted by atomic mass is 9.91. The van der Waals surface area contributed by atoms with Crippen molar-refractivity contribution in [3.8, 4) is 22.6 Å². The summed E-state index contributed by atoms with van der Waals surface area (Å²) in [5.41, 5.74) is 4.52. The van der Waals surface area contributed by atoms with Crippen LogP contribution < -0.4 is 10.9 Å². The van der Waals surface area contributed by atoms with Gasteiger partial charge in [-0.3, -0.25) is 18.9 Å². The fourth-order valence-electron chi connectivity index (χ4n) is 5.70. The fraction of sp³-hybridized carbons (Fsp3) is 0.344. The van der Waals surface area contributed by atoms with E-state index in [2.05, 4.69) is 39.4 Å². The van der Waals surface area contributed by atoms with E-state index in [9.17, 15) is 9.90 Å². The molecule has 234 valence electrons. The number of furan rings is 1. The van der Waals surface area contributed by atoms with Crippen molar-refractivity contribution in [3.63, 3.8) is 0 Å². The van der Waals surface area contributed by atoms with Crippen LogP contribution in [0.5, 0.6) is 0 Å². The minimum Gasteiger partial charge on any atom is -0.464 e. The topological polar surface area (TPSA) is 101 Å². The zero-order valence-corrected chi connectivity index (χ0v) is 27.1. The van der Waals surface area contributed by atoms with Gasteiger partial charge in [-0.05, 0) is 48.7 Å². The molecule has 0 amide bonds. The third-order valence-corrected chi connectivity index (χ3v) is 8.47. The summed E-state index contributed by atoms with van der Waals surface area (Å²) >= 11 is 6.60. The lowest BCUT2D eigenvalue weighted by molar-refractivity contribution is -0.0364. The van der Waals surface area contributed by atoms with E-state index in [1.807, 2.05) is 49.5 Å². The average Bonchev–Trinajstić information content (AvgIpc) is 3.65. The second-order valence-corrected chi connectivity index (χ2v) is 11.5. The summed E-state index contributed by atoms with van der Waals surface area (Å²) < 4.78 is 8.69. The predicted molar refractivity (Wildman–Crippen MR) is 179 cm³/mol. The number of aliphatic hydroxyl groups is 1. The van der Waals surface area contributed by atoms with Crippen LogP contribution in [0.1, 0.15) is 30.9 Å². The molecule has 0 atom stereocenters. The van der Waals surface area contributed by atoms with Crippen LogP contribution >= 0.6 is 36.4 Å². The van der Waals surface area contributed by atoms with Crippen molar-refractivity contribution >= 4 is 47.4 Å². The van der Waals surface area contributed by atoms with Crippen LogP contribution in [0, 0.1) is 0 Å². The van der Waals surface area contributed by atoms with Crippen LogP contribution in [-0.4, -0.2) is 54.6 Å². The van der Waals surface area contributed by atoms with E-state index >= 15 is 0 Å². The second kappa shape index (κ2) is 14.3. The van der Waals surface area contributed by atoms with Crippen molar-refractivity contribution in [2.24, 2.45) is 7.05 Å². The largest absolute Gasteiger partial charge is 0.464 e. The van der Waals surface area contributed by atoms with E-state index in [1.165, 1.54) is 10.1 Å². The zero-order valence-electron chi connectivity index (χ0n) is 24.7. The van der Waals surface area contributed by atoms with Crippen LogP contribution in [0.25, 0.3) is 33.6 Å². The molecule has 3 aromatic heterocycles. The van der Waals surface area contributed by atoms with Gasteiger partial charge in [0, 0.05) is 49.4 Å². The van der Waals surface area contributed by atoms with Crippen LogP contribution in [0.3, 0.4) is 0 Å². The number of piperidine rings is 1. The summed E-state index contributed by atoms with van der Waals surface area (Å²) in [4.78, 5) is 20.4. The Labute approximate surface area is 273 Å². The second-order valence-electron chi connectivity index (χ2n) is 11.1. The number of aromatic nitrogens is 4. The molecule has 1 aliphatic heterocycles. The molecule has 0 saturated carbocycles. The van der Waals surface area contributed by atoms with Crippen LogP contribution in [0.2, 0.25) is 5.02 Å². The first-order valence-electron chi connectivity index (χ1n) is 14.3. The maximum atomic E-state index is 13.5. The van der Waals surface area contributed by atoms with Gasteiger partial charge in [0.25, 0.3) is 5.56 Å². The molecule has 6 rings (SSSR count). The molecule has 0 radical (unpaired) electrons. The molecule has 2 N–H and O–H groups in total. The predicted octanol–water partition coefficient (Wildman–Crippen LogP) is 5.69. The lowest BCUT2D eigenvalue weighted by Gasteiger charge is -2.38. The van der Waals surface area contributed by atoms with Crippen molar-refractivity contribution < 1.29 is 9.52 Å². The van der Waals surface area contributed by atoms with Gasteiger partial charge in [-0.25, -0.2) is 4.98 Å². The van der Waals surface area contributed by atoms with Crippen LogP contribution in [-0.2, 0) is 26.7 Å². The summed E-state index contributed by atoms with van der Waals surface area (Å²) in [6.45, 7) is 6.04. The highest BCUT2D eigenvalue weighted by atomic mass is 35.5. The van der Waals surface area contributed by atoms with Crippen LogP contribution in [0.15, 0.2) is 76.4 Å². The maximum Gasteiger partial charge on any atom is 0.281 e. The zero-order chi connectivity index (χ0) is 29.3. The van der Waals surface area contributed by atoms with Gasteiger partial charge in [-0.1, -0.05) is 54.9 Å². The van der Waals surface area contributed by atoms with Crippen LogP contribution in [0.4, 0.5) is 0 Å². The Morgan fingerprint density at radius 3 is 2.43 bits per heavy atom. The van der Waals surface area contributed by atoms with E-state index in [4.69, 9.17) is 16.0 Å². The van der Waals surface area contributed by atoms with Gasteiger partial charge in [-0.15, -0.1) is 24.8 Å². The average molecular weight is 660 g/mol. The van der Waals surface area contributed by atoms with Gasteiger partial charge in [-0.2, -0.15) is 5.10 Å². The first kappa shape index (κ1) is 33.7. The Bertz CT molecular complexity index is 1740. The highest BCUT2D eigenvalue weighted by Gasteiger charge is 2.33. The standard InChI is InChI=1S/C32H35ClN6O3.2ClH/c1-3-34-18-22-6-8-23(9-7-22)30-28-29(36-37(30)2)31(40)39(21-35-28)20-32(41)12-14-38(15-13-32)19-25-11-10-24(17-26(25)33)27-5-4-16-42-27;;/h4-11,16-17,21,34,41H,3,12-15,18-20H2,1-2H3;2*1H. The van der Waals surface area contributed by atoms with Gasteiger partial charge >= 0.3 is 0 Å². The number of aryl methyl sites for hydroxylation is 1. The van der Waals surface area contributed by atoms with Gasteiger partial charge in [0.1, 0.15) is 11.3 Å². The lowest BCUT2D eigenvalue weighted by Crippen LogP contribution is -2.47. The van der Waals surface area contributed by atoms with Gasteiger partial charge in [0.15, 0.2) is 5.52 Å². The van der Waals surface area contributed by atoms with Crippen molar-refractivity contribution in [1.29, 1.82) is 0 Å². The Morgan fingerprint density at radius 2 is 1.77 bits per heavy atom. The number of halogens is 3. The highest BCUT2D eigenvalue weighted by molar-refractivity contribution is 6.31. The van der Waals surface area contributed by atoms with Crippen molar-refractivity contribution in [3.05, 3.63) is 93.7 Å². The van der Waals surface area contributed by atoms with Gasteiger partial charge in [0.05, 0.1) is 30.4 Å². The Hall–Kier alpha value is -3.18. The normalized spacial score (nSPS) is 14.7. The van der Waals surface area contributed by atoms with E-state index in [1.54, 1.807) is 17.3 Å². The monoisotopic (exact) mass is 658 g/mol. The first-order valence-corrected chi connectivity index (χ1v) is 14.7. The molecule has 4 heterocycles. The third kappa shape index (κ3) is 7.04. The van der Waals surface area contributed by atoms with E-state index < -0.39 is 5.60 Å². The number of nitrogens with zero attached hydrogens (tertiary/aromatic N) is 5. The summed E-state index contributed by atoms with van der Waals surface area (Å²) in [5.74, 6) is 0.783. The van der Waals surface area contributed by atoms with Gasteiger partial charge in [0.2, 0.25) is 0 Å². The van der Waals surface area contributed by atoms with Crippen molar-refractivity contribution in [2.45, 2.75) is 45.0 Å². The minimum absolute atomic E-state index is 0. The minimum atomic E-state index is -1.01. The van der Waals surface area contributed by atoms with E-state index in [-0.39, 0.29) is 36.9 Å². The number of fused-ring (bicyclic) bond motifs is 1. The quantitative estimate of drug-likeness (QED) is 0.210. The summed E-state index contributed by atoms with van der Waals surface area (Å²) in [6, 6.07) is 17.9. The highest BCUT2D eigenvalue weighted by Crippen LogP contribution is 2.30. The van der Waals surface area contributed by atoms with Gasteiger partial charge < -0.3 is 14.8 Å². The molecular weight excluding hydrogens is 623 g/mol. The molecule has 0 spiro atoms. The summed E-state index contributed by atoms with van der Waals surface area (Å²) in [5, 5.41) is 20.0. The molecule has 0 bridgehead atoms. The first-order chi connectivity index (χ1) is 20.3. The SMILES string of the molecule is CCNCc1ccc(-c2c3ncn(CC4(O)CCN(Cc5ccc(-c6ccco6)cc5Cl)CC4)c(=O)c3nn2C)cc1.Cl.Cl. The molecule has 0 unspecified atom stereocenters. The molecule has 2 aromatic carbocycles. The molecule has 44 heavy (non-hydrogen) atoms. The molecular formula is C32H37Cl3N6O3. The van der Waals surface area contributed by atoms with E-state index in [0.717, 1.165) is 41.2 Å². The van der Waals surface area contributed by atoms with Crippen molar-refractivity contribution in [1.82, 2.24) is 29.5 Å². The summed E-state index contributed by atoms with van der Waals surface area (Å²) in [7, 11) is 1.83. The number of benzene rings is 2. The Morgan fingerprint density at radius 1 is 1.05 bits per heavy atom.